The Hall–Kier alpha value is -1.62. The van der Waals surface area contributed by atoms with Crippen LogP contribution in [-0.4, -0.2) is 23.0 Å². The molecule has 0 saturated heterocycles. The fraction of sp³-hybridized carbons (Fsp3) is 0.647. The summed E-state index contributed by atoms with van der Waals surface area (Å²) in [6.45, 7) is 3.72. The molecule has 0 bridgehead atoms. The smallest absolute Gasteiger partial charge is 0.252 e. The van der Waals surface area contributed by atoms with Crippen LogP contribution in [-0.2, 0) is 11.2 Å². The molecule has 2 saturated carbocycles. The van der Waals surface area contributed by atoms with Crippen LogP contribution in [0.15, 0.2) is 10.9 Å². The van der Waals surface area contributed by atoms with Crippen molar-refractivity contribution in [3.63, 3.8) is 0 Å². The van der Waals surface area contributed by atoms with E-state index in [2.05, 4.69) is 10.3 Å². The summed E-state index contributed by atoms with van der Waals surface area (Å²) in [4.78, 5) is 27.0. The highest BCUT2D eigenvalue weighted by Gasteiger charge is 2.52. The zero-order valence-electron chi connectivity index (χ0n) is 13.4. The Kier molecular flexibility index (Phi) is 3.85. The number of aromatic amines is 1. The predicted molar refractivity (Wildman–Crippen MR) is 85.7 cm³/mol. The molecule has 5 heteroatoms. The molecular formula is C17H25N3O2. The lowest BCUT2D eigenvalue weighted by atomic mass is 9.83. The van der Waals surface area contributed by atoms with Crippen LogP contribution < -0.4 is 16.6 Å². The van der Waals surface area contributed by atoms with Crippen molar-refractivity contribution in [2.45, 2.75) is 64.5 Å². The van der Waals surface area contributed by atoms with Crippen LogP contribution in [0.5, 0.6) is 0 Å². The van der Waals surface area contributed by atoms with Crippen LogP contribution in [0, 0.1) is 19.3 Å². The van der Waals surface area contributed by atoms with Crippen molar-refractivity contribution in [3.05, 3.63) is 33.2 Å². The Morgan fingerprint density at radius 2 is 2.05 bits per heavy atom. The Bertz CT molecular complexity index is 642. The van der Waals surface area contributed by atoms with Gasteiger partial charge in [0.2, 0.25) is 5.91 Å². The van der Waals surface area contributed by atoms with Crippen LogP contribution in [0.2, 0.25) is 0 Å². The van der Waals surface area contributed by atoms with Crippen LogP contribution in [0.4, 0.5) is 0 Å². The van der Waals surface area contributed by atoms with Gasteiger partial charge < -0.3 is 16.0 Å². The van der Waals surface area contributed by atoms with E-state index in [0.717, 1.165) is 43.4 Å². The number of aryl methyl sites for hydroxylation is 2. The second-order valence-corrected chi connectivity index (χ2v) is 7.13. The van der Waals surface area contributed by atoms with E-state index in [4.69, 9.17) is 5.73 Å². The van der Waals surface area contributed by atoms with Gasteiger partial charge in [-0.15, -0.1) is 0 Å². The largest absolute Gasteiger partial charge is 0.353 e. The molecule has 1 heterocycles. The highest BCUT2D eigenvalue weighted by atomic mass is 16.2. The molecule has 1 spiro atoms. The van der Waals surface area contributed by atoms with Crippen molar-refractivity contribution >= 4 is 5.91 Å². The van der Waals surface area contributed by atoms with E-state index >= 15 is 0 Å². The Morgan fingerprint density at radius 3 is 2.59 bits per heavy atom. The Morgan fingerprint density at radius 1 is 1.41 bits per heavy atom. The molecular weight excluding hydrogens is 278 g/mol. The van der Waals surface area contributed by atoms with Gasteiger partial charge in [-0.1, -0.05) is 0 Å². The summed E-state index contributed by atoms with van der Waals surface area (Å²) < 4.78 is 0. The van der Waals surface area contributed by atoms with E-state index in [1.165, 1.54) is 0 Å². The molecule has 1 aromatic heterocycles. The molecule has 0 radical (unpaired) electrons. The van der Waals surface area contributed by atoms with Crippen LogP contribution >= 0.6 is 0 Å². The van der Waals surface area contributed by atoms with E-state index in [0.29, 0.717) is 17.0 Å². The number of hydrogen-bond donors (Lipinski definition) is 3. The molecule has 22 heavy (non-hydrogen) atoms. The summed E-state index contributed by atoms with van der Waals surface area (Å²) in [6, 6.07) is 2.51. The number of H-pyrrole nitrogens is 1. The molecule has 2 fully saturated rings. The SMILES string of the molecule is Cc1cc(C)c(CC(=O)NC2CCC3(CC2)CC3N)c(=O)[nH]1. The average molecular weight is 303 g/mol. The number of carbonyl (C=O) groups is 1. The number of nitrogens with one attached hydrogen (secondary N) is 2. The third-order valence-electron chi connectivity index (χ3n) is 5.43. The van der Waals surface area contributed by atoms with Crippen molar-refractivity contribution in [2.75, 3.05) is 0 Å². The van der Waals surface area contributed by atoms with Crippen molar-refractivity contribution in [3.8, 4) is 0 Å². The zero-order chi connectivity index (χ0) is 15.9. The molecule has 2 aliphatic rings. The molecule has 4 N–H and O–H groups in total. The first-order chi connectivity index (χ1) is 10.4. The fourth-order valence-electron chi connectivity index (χ4n) is 3.83. The number of hydrogen-bond acceptors (Lipinski definition) is 3. The Balaban J connectivity index is 1.56. The monoisotopic (exact) mass is 303 g/mol. The van der Waals surface area contributed by atoms with Gasteiger partial charge in [-0.05, 0) is 63.0 Å². The van der Waals surface area contributed by atoms with E-state index in [1.54, 1.807) is 0 Å². The number of pyridine rings is 1. The molecule has 120 valence electrons. The molecule has 0 aromatic carbocycles. The third-order valence-corrected chi connectivity index (χ3v) is 5.43. The first-order valence-electron chi connectivity index (χ1n) is 8.14. The maximum atomic E-state index is 12.2. The van der Waals surface area contributed by atoms with Gasteiger partial charge >= 0.3 is 0 Å². The molecule has 1 aromatic rings. The van der Waals surface area contributed by atoms with Gasteiger partial charge in [0.1, 0.15) is 0 Å². The van der Waals surface area contributed by atoms with Gasteiger partial charge in [-0.2, -0.15) is 0 Å². The van der Waals surface area contributed by atoms with Gasteiger partial charge in [-0.25, -0.2) is 0 Å². The van der Waals surface area contributed by atoms with Crippen molar-refractivity contribution in [1.29, 1.82) is 0 Å². The van der Waals surface area contributed by atoms with Crippen molar-refractivity contribution < 1.29 is 4.79 Å². The summed E-state index contributed by atoms with van der Waals surface area (Å²) in [7, 11) is 0. The highest BCUT2D eigenvalue weighted by molar-refractivity contribution is 5.79. The topological polar surface area (TPSA) is 88.0 Å². The fourth-order valence-corrected chi connectivity index (χ4v) is 3.83. The maximum absolute atomic E-state index is 12.2. The molecule has 5 nitrogen and oxygen atoms in total. The number of nitrogens with two attached hydrogens (primary N) is 1. The summed E-state index contributed by atoms with van der Waals surface area (Å²) in [6.07, 6.45) is 5.53. The average Bonchev–Trinajstić information content (AvgIpc) is 3.06. The second-order valence-electron chi connectivity index (χ2n) is 7.13. The van der Waals surface area contributed by atoms with Gasteiger partial charge in [0.25, 0.3) is 5.56 Å². The number of aromatic nitrogens is 1. The van der Waals surface area contributed by atoms with Crippen LogP contribution in [0.3, 0.4) is 0 Å². The molecule has 2 aliphatic carbocycles. The van der Waals surface area contributed by atoms with Crippen molar-refractivity contribution in [2.24, 2.45) is 11.1 Å². The van der Waals surface area contributed by atoms with E-state index in [9.17, 15) is 9.59 Å². The molecule has 1 unspecified atom stereocenters. The maximum Gasteiger partial charge on any atom is 0.252 e. The van der Waals surface area contributed by atoms with Gasteiger partial charge in [0.05, 0.1) is 6.42 Å². The summed E-state index contributed by atoms with van der Waals surface area (Å²) in [5, 5.41) is 3.08. The summed E-state index contributed by atoms with van der Waals surface area (Å²) in [5.41, 5.74) is 8.50. The molecule has 0 aliphatic heterocycles. The normalized spacial score (nSPS) is 30.3. The van der Waals surface area contributed by atoms with Crippen LogP contribution in [0.1, 0.15) is 48.9 Å². The van der Waals surface area contributed by atoms with Crippen LogP contribution in [0.25, 0.3) is 0 Å². The van der Waals surface area contributed by atoms with E-state index in [-0.39, 0.29) is 23.9 Å². The standard InChI is InChI=1S/C17H25N3O2/c1-10-7-11(2)19-16(22)13(10)8-15(21)20-12-3-5-17(6-4-12)9-14(17)18/h7,12,14H,3-6,8-9,18H2,1-2H3,(H,19,22)(H,20,21). The number of rotatable bonds is 3. The van der Waals surface area contributed by atoms with Crippen molar-refractivity contribution in [1.82, 2.24) is 10.3 Å². The minimum Gasteiger partial charge on any atom is -0.353 e. The lowest BCUT2D eigenvalue weighted by Gasteiger charge is -2.29. The minimum absolute atomic E-state index is 0.0569. The molecule has 1 atom stereocenters. The summed E-state index contributed by atoms with van der Waals surface area (Å²) in [5.74, 6) is -0.0569. The highest BCUT2D eigenvalue weighted by Crippen LogP contribution is 2.54. The van der Waals surface area contributed by atoms with Gasteiger partial charge in [-0.3, -0.25) is 9.59 Å². The second kappa shape index (κ2) is 5.54. The third kappa shape index (κ3) is 2.95. The molecule has 3 rings (SSSR count). The first kappa shape index (κ1) is 15.3. The lowest BCUT2D eigenvalue weighted by Crippen LogP contribution is -2.40. The van der Waals surface area contributed by atoms with E-state index < -0.39 is 0 Å². The quantitative estimate of drug-likeness (QED) is 0.786. The number of amides is 1. The summed E-state index contributed by atoms with van der Waals surface area (Å²) >= 11 is 0. The number of carbonyl (C=O) groups excluding carboxylic acids is 1. The van der Waals surface area contributed by atoms with Gasteiger partial charge in [0.15, 0.2) is 0 Å². The molecule has 1 amide bonds. The zero-order valence-corrected chi connectivity index (χ0v) is 13.4. The van der Waals surface area contributed by atoms with Gasteiger partial charge in [0, 0.05) is 23.3 Å². The first-order valence-corrected chi connectivity index (χ1v) is 8.14. The van der Waals surface area contributed by atoms with E-state index in [1.807, 2.05) is 19.9 Å². The Labute approximate surface area is 130 Å². The minimum atomic E-state index is -0.154. The predicted octanol–water partition coefficient (Wildman–Crippen LogP) is 1.31. The lowest BCUT2D eigenvalue weighted by molar-refractivity contribution is -0.121.